The zero-order valence-corrected chi connectivity index (χ0v) is 51.0. The molecular formula is C53H107N3O34. The van der Waals surface area contributed by atoms with Crippen molar-refractivity contribution >= 4 is 11.8 Å². The Morgan fingerprint density at radius 3 is 0.589 bits per heavy atom. The summed E-state index contributed by atoms with van der Waals surface area (Å²) in [6.45, 7) is -7.24. The van der Waals surface area contributed by atoms with Gasteiger partial charge in [0.1, 0.15) is 85.5 Å². The molecule has 90 heavy (non-hydrogen) atoms. The molecule has 0 saturated carbocycles. The van der Waals surface area contributed by atoms with Gasteiger partial charge in [-0.25, -0.2) is 0 Å². The summed E-state index contributed by atoms with van der Waals surface area (Å²) in [6, 6.07) is -1.12. The van der Waals surface area contributed by atoms with Crippen LogP contribution in [-0.4, -0.2) is 419 Å². The van der Waals surface area contributed by atoms with Gasteiger partial charge in [-0.15, -0.1) is 0 Å². The topological polar surface area (TPSA) is 578 Å². The predicted octanol–water partition coefficient (Wildman–Crippen LogP) is -12.7. The lowest BCUT2D eigenvalue weighted by Crippen LogP contribution is -2.45. The average Bonchev–Trinajstić information content (AvgIpc) is 3.62. The van der Waals surface area contributed by atoms with Crippen LogP contribution in [0.4, 0.5) is 0 Å². The van der Waals surface area contributed by atoms with Crippen LogP contribution in [0.5, 0.6) is 0 Å². The van der Waals surface area contributed by atoms with Crippen molar-refractivity contribution in [3.8, 4) is 0 Å². The molecule has 0 aromatic carbocycles. The van der Waals surface area contributed by atoms with Crippen LogP contribution < -0.4 is 16.4 Å². The summed E-state index contributed by atoms with van der Waals surface area (Å²) in [5.41, 5.74) is 5.88. The van der Waals surface area contributed by atoms with E-state index in [-0.39, 0.29) is 211 Å². The maximum absolute atomic E-state index is 12.4. The van der Waals surface area contributed by atoms with Crippen molar-refractivity contribution in [2.75, 3.05) is 211 Å². The second kappa shape index (κ2) is 58.0. The lowest BCUT2D eigenvalue weighted by atomic mass is 10.1. The first-order valence-corrected chi connectivity index (χ1v) is 29.4. The summed E-state index contributed by atoms with van der Waals surface area (Å²) in [7, 11) is 0. The highest BCUT2D eigenvalue weighted by Gasteiger charge is 2.20. The van der Waals surface area contributed by atoms with E-state index in [4.69, 9.17) is 82.3 Å². The molecule has 538 valence electrons. The molecule has 0 radical (unpaired) electrons. The molecular weight excluding hydrogens is 1220 g/mol. The summed E-state index contributed by atoms with van der Waals surface area (Å²) in [6.07, 6.45) is -17.8. The minimum atomic E-state index is -1.19. The number of aliphatic hydroxyl groups is 18. The Kier molecular flexibility index (Phi) is 56.5. The third kappa shape index (κ3) is 56.0. The van der Waals surface area contributed by atoms with Crippen LogP contribution in [0.2, 0.25) is 0 Å². The number of nitrogens with two attached hydrogens (primary N) is 1. The van der Waals surface area contributed by atoms with E-state index in [0.29, 0.717) is 0 Å². The minimum absolute atomic E-state index is 0.0763. The van der Waals surface area contributed by atoms with Crippen molar-refractivity contribution in [1.29, 1.82) is 0 Å². The standard InChI is InChI=1S/C53H107N3O34/c54-51(53(76)56-4-36(60)8-78-12-40(64)16-82-20-44(68)24-86-28-48(72)32-90-34-50(74)30-88-26-46(70)22-84-18-42(66)14-80-10-38(62)6-58)1-2-52(75)55-3-35(59)7-77-11-39(63)15-81-19-43(67)23-85-27-47(71)31-89-33-49(73)29-87-25-45(69)21-83-17-41(65)13-79-9-37(61)5-57/h35-51,57-74H,1-34,54H2,(H,55,75)(H,56,76). The molecule has 0 heterocycles. The molecule has 17 unspecified atom stereocenters. The van der Waals surface area contributed by atoms with Crippen molar-refractivity contribution in [3.05, 3.63) is 0 Å². The smallest absolute Gasteiger partial charge is 0.237 e. The Labute approximate surface area is 522 Å². The van der Waals surface area contributed by atoms with Gasteiger partial charge < -0.3 is 175 Å². The number of carbonyl (C=O) groups is 2. The van der Waals surface area contributed by atoms with Crippen LogP contribution in [-0.2, 0) is 75.9 Å². The minimum Gasteiger partial charge on any atom is -0.394 e. The number of hydrogen-bond donors (Lipinski definition) is 21. The molecule has 0 aliphatic carbocycles. The lowest BCUT2D eigenvalue weighted by molar-refractivity contribution is -0.124. The molecule has 17 atom stereocenters. The van der Waals surface area contributed by atoms with E-state index in [1.807, 2.05) is 0 Å². The van der Waals surface area contributed by atoms with E-state index in [1.54, 1.807) is 0 Å². The monoisotopic (exact) mass is 1330 g/mol. The predicted molar refractivity (Wildman–Crippen MR) is 305 cm³/mol. The van der Waals surface area contributed by atoms with Crippen LogP contribution in [0.15, 0.2) is 0 Å². The zero-order chi connectivity index (χ0) is 67.3. The van der Waals surface area contributed by atoms with Gasteiger partial charge in [0.25, 0.3) is 0 Å². The van der Waals surface area contributed by atoms with Gasteiger partial charge in [0, 0.05) is 19.5 Å². The molecule has 2 amide bonds. The van der Waals surface area contributed by atoms with Crippen molar-refractivity contribution in [2.45, 2.75) is 117 Å². The van der Waals surface area contributed by atoms with Gasteiger partial charge in [-0.1, -0.05) is 0 Å². The molecule has 0 aromatic heterocycles. The molecule has 0 aliphatic heterocycles. The number of rotatable bonds is 66. The zero-order valence-electron chi connectivity index (χ0n) is 51.0. The van der Waals surface area contributed by atoms with Crippen LogP contribution in [0.1, 0.15) is 12.8 Å². The van der Waals surface area contributed by atoms with Gasteiger partial charge in [0.05, 0.1) is 216 Å². The second-order valence-electron chi connectivity index (χ2n) is 21.0. The third-order valence-corrected chi connectivity index (χ3v) is 11.2. The number of aliphatic hydroxyl groups excluding tert-OH is 18. The Hall–Kier alpha value is -2.38. The van der Waals surface area contributed by atoms with E-state index in [2.05, 4.69) is 10.6 Å². The summed E-state index contributed by atoms with van der Waals surface area (Å²) in [5.74, 6) is -1.19. The summed E-state index contributed by atoms with van der Waals surface area (Å²) in [4.78, 5) is 24.7. The largest absolute Gasteiger partial charge is 0.394 e. The molecule has 37 nitrogen and oxygen atoms in total. The van der Waals surface area contributed by atoms with Crippen LogP contribution in [0.3, 0.4) is 0 Å². The van der Waals surface area contributed by atoms with Crippen LogP contribution >= 0.6 is 0 Å². The third-order valence-electron chi connectivity index (χ3n) is 11.2. The average molecular weight is 1330 g/mol. The molecule has 37 heteroatoms. The second-order valence-corrected chi connectivity index (χ2v) is 21.0. The van der Waals surface area contributed by atoms with Crippen molar-refractivity contribution in [2.24, 2.45) is 5.73 Å². The normalized spacial score (nSPS) is 17.9. The number of hydrogen-bond acceptors (Lipinski definition) is 35. The Morgan fingerprint density at radius 2 is 0.411 bits per heavy atom. The fraction of sp³-hybridized carbons (Fsp3) is 0.962. The molecule has 22 N–H and O–H groups in total. The van der Waals surface area contributed by atoms with Crippen LogP contribution in [0.25, 0.3) is 0 Å². The maximum atomic E-state index is 12.4. The Balaban J connectivity index is 3.91. The van der Waals surface area contributed by atoms with Crippen molar-refractivity contribution < 1.29 is 168 Å². The molecule has 0 fully saturated rings. The molecule has 0 bridgehead atoms. The molecule has 0 aliphatic rings. The first kappa shape index (κ1) is 87.6. The Bertz CT molecular complexity index is 1640. The van der Waals surface area contributed by atoms with Gasteiger partial charge in [-0.3, -0.25) is 9.59 Å². The van der Waals surface area contributed by atoms with Crippen LogP contribution in [0, 0.1) is 0 Å². The van der Waals surface area contributed by atoms with Crippen molar-refractivity contribution in [3.63, 3.8) is 0 Å². The number of carbonyl (C=O) groups excluding carboxylic acids is 2. The van der Waals surface area contributed by atoms with E-state index < -0.39 is 129 Å². The van der Waals surface area contributed by atoms with Gasteiger partial charge in [0.2, 0.25) is 11.8 Å². The van der Waals surface area contributed by atoms with E-state index >= 15 is 0 Å². The van der Waals surface area contributed by atoms with Gasteiger partial charge in [0.15, 0.2) is 0 Å². The quantitative estimate of drug-likeness (QED) is 0.0269. The summed E-state index contributed by atoms with van der Waals surface area (Å²) in [5, 5.41) is 181. The summed E-state index contributed by atoms with van der Waals surface area (Å²) >= 11 is 0. The van der Waals surface area contributed by atoms with E-state index in [9.17, 15) is 91.3 Å². The number of amides is 2. The number of ether oxygens (including phenoxy) is 14. The molecule has 0 aromatic rings. The molecule has 0 saturated heterocycles. The van der Waals surface area contributed by atoms with E-state index in [0.717, 1.165) is 0 Å². The van der Waals surface area contributed by atoms with Gasteiger partial charge in [-0.05, 0) is 6.42 Å². The number of nitrogens with one attached hydrogen (secondary N) is 2. The fourth-order valence-electron chi connectivity index (χ4n) is 6.65. The first-order chi connectivity index (χ1) is 42.9. The first-order valence-electron chi connectivity index (χ1n) is 29.4. The van der Waals surface area contributed by atoms with Crippen molar-refractivity contribution in [1.82, 2.24) is 10.6 Å². The maximum Gasteiger partial charge on any atom is 0.237 e. The highest BCUT2D eigenvalue weighted by atomic mass is 16.6. The highest BCUT2D eigenvalue weighted by Crippen LogP contribution is 2.03. The lowest BCUT2D eigenvalue weighted by Gasteiger charge is -2.18. The Morgan fingerprint density at radius 1 is 0.256 bits per heavy atom. The molecule has 0 rings (SSSR count). The highest BCUT2D eigenvalue weighted by molar-refractivity contribution is 5.83. The fourth-order valence-corrected chi connectivity index (χ4v) is 6.65. The summed E-state index contributed by atoms with van der Waals surface area (Å²) < 4.78 is 72.7. The molecule has 0 spiro atoms. The van der Waals surface area contributed by atoms with Gasteiger partial charge in [-0.2, -0.15) is 0 Å². The SMILES string of the molecule is NC(CCC(=O)NCC(O)COCC(O)COCC(O)COCC(O)COCC(O)COCC(O)COCC(O)COCC(O)CO)C(=O)NCC(O)COCC(O)COCC(O)COCC(O)COCC(O)COCC(O)COCC(O)COCC(O)CO. The van der Waals surface area contributed by atoms with Gasteiger partial charge >= 0.3 is 0 Å². The van der Waals surface area contributed by atoms with E-state index in [1.165, 1.54) is 0 Å².